The van der Waals surface area contributed by atoms with Crippen LogP contribution in [0.2, 0.25) is 0 Å². The molecule has 0 atom stereocenters. The summed E-state index contributed by atoms with van der Waals surface area (Å²) < 4.78 is 22.2. The molecule has 9 nitrogen and oxygen atoms in total. The lowest BCUT2D eigenvalue weighted by atomic mass is 9.94. The first-order valence-electron chi connectivity index (χ1n) is 12.0. The van der Waals surface area contributed by atoms with E-state index in [0.717, 1.165) is 16.7 Å². The number of amides is 2. The number of methoxy groups -OCH3 is 1. The molecule has 0 radical (unpaired) electrons. The second-order valence-corrected chi connectivity index (χ2v) is 8.50. The van der Waals surface area contributed by atoms with Crippen molar-refractivity contribution in [1.29, 1.82) is 0 Å². The SMILES string of the molecule is COc1ccc2c(cccc2[C@H]2CO[C@H](CCCNC(=O)OCC(=O)NCc3ccncc3)OC2)c1. The van der Waals surface area contributed by atoms with Crippen LogP contribution in [0.3, 0.4) is 0 Å². The minimum atomic E-state index is -0.632. The van der Waals surface area contributed by atoms with E-state index in [0.29, 0.717) is 39.1 Å². The Balaban J connectivity index is 1.11. The second kappa shape index (κ2) is 12.9. The number of alkyl carbamates (subject to hydrolysis) is 1. The van der Waals surface area contributed by atoms with Crippen LogP contribution < -0.4 is 15.4 Å². The highest BCUT2D eigenvalue weighted by Gasteiger charge is 2.24. The van der Waals surface area contributed by atoms with Gasteiger partial charge in [0.2, 0.25) is 0 Å². The van der Waals surface area contributed by atoms with Gasteiger partial charge in [0, 0.05) is 37.8 Å². The predicted molar refractivity (Wildman–Crippen MR) is 134 cm³/mol. The maximum Gasteiger partial charge on any atom is 0.407 e. The fraction of sp³-hybridized carbons (Fsp3) is 0.370. The van der Waals surface area contributed by atoms with Gasteiger partial charge in [-0.3, -0.25) is 9.78 Å². The summed E-state index contributed by atoms with van der Waals surface area (Å²) >= 11 is 0. The van der Waals surface area contributed by atoms with E-state index >= 15 is 0 Å². The Morgan fingerprint density at radius 2 is 1.86 bits per heavy atom. The Kier molecular flexibility index (Phi) is 9.07. The molecule has 1 aliphatic rings. The van der Waals surface area contributed by atoms with Crippen LogP contribution in [0.5, 0.6) is 5.75 Å². The zero-order valence-corrected chi connectivity index (χ0v) is 20.3. The third-order valence-corrected chi connectivity index (χ3v) is 5.99. The number of hydrogen-bond donors (Lipinski definition) is 2. The highest BCUT2D eigenvalue weighted by molar-refractivity contribution is 5.87. The van der Waals surface area contributed by atoms with Gasteiger partial charge in [-0.25, -0.2) is 4.79 Å². The molecule has 1 fully saturated rings. The highest BCUT2D eigenvalue weighted by Crippen LogP contribution is 2.31. The smallest absolute Gasteiger partial charge is 0.407 e. The first kappa shape index (κ1) is 25.4. The third-order valence-electron chi connectivity index (χ3n) is 5.99. The number of hydrogen-bond acceptors (Lipinski definition) is 7. The maximum atomic E-state index is 11.8. The molecule has 1 aliphatic heterocycles. The normalized spacial score (nSPS) is 17.4. The highest BCUT2D eigenvalue weighted by atomic mass is 16.7. The summed E-state index contributed by atoms with van der Waals surface area (Å²) in [6.45, 7) is 1.55. The Bertz CT molecular complexity index is 1150. The first-order valence-corrected chi connectivity index (χ1v) is 12.0. The molecular weight excluding hydrogens is 462 g/mol. The lowest BCUT2D eigenvalue weighted by Crippen LogP contribution is -2.33. The minimum Gasteiger partial charge on any atom is -0.497 e. The average molecular weight is 494 g/mol. The van der Waals surface area contributed by atoms with Gasteiger partial charge in [-0.1, -0.05) is 24.3 Å². The van der Waals surface area contributed by atoms with Gasteiger partial charge in [0.05, 0.1) is 20.3 Å². The molecule has 2 amide bonds. The summed E-state index contributed by atoms with van der Waals surface area (Å²) in [5, 5.41) is 7.62. The van der Waals surface area contributed by atoms with Crippen molar-refractivity contribution in [3.05, 3.63) is 72.1 Å². The fourth-order valence-corrected chi connectivity index (χ4v) is 4.05. The monoisotopic (exact) mass is 493 g/mol. The molecule has 2 aromatic carbocycles. The van der Waals surface area contributed by atoms with E-state index in [9.17, 15) is 9.59 Å². The van der Waals surface area contributed by atoms with E-state index < -0.39 is 6.09 Å². The number of nitrogens with zero attached hydrogens (tertiary/aromatic N) is 1. The van der Waals surface area contributed by atoms with Crippen molar-refractivity contribution >= 4 is 22.8 Å². The lowest BCUT2D eigenvalue weighted by Gasteiger charge is -2.30. The summed E-state index contributed by atoms with van der Waals surface area (Å²) in [4.78, 5) is 27.6. The predicted octanol–water partition coefficient (Wildman–Crippen LogP) is 3.52. The van der Waals surface area contributed by atoms with Gasteiger partial charge in [0.15, 0.2) is 12.9 Å². The van der Waals surface area contributed by atoms with Crippen LogP contribution in [-0.2, 0) is 25.5 Å². The molecule has 190 valence electrons. The third kappa shape index (κ3) is 7.16. The van der Waals surface area contributed by atoms with Gasteiger partial charge in [0.25, 0.3) is 5.91 Å². The van der Waals surface area contributed by atoms with Crippen LogP contribution in [-0.4, -0.2) is 56.7 Å². The number of pyridine rings is 1. The van der Waals surface area contributed by atoms with Gasteiger partial charge in [-0.15, -0.1) is 0 Å². The van der Waals surface area contributed by atoms with Crippen LogP contribution in [0.1, 0.15) is 29.9 Å². The van der Waals surface area contributed by atoms with Crippen LogP contribution in [0.25, 0.3) is 10.8 Å². The molecule has 2 heterocycles. The largest absolute Gasteiger partial charge is 0.497 e. The topological polar surface area (TPSA) is 108 Å². The van der Waals surface area contributed by atoms with Gasteiger partial charge in [-0.05, 0) is 52.6 Å². The summed E-state index contributed by atoms with van der Waals surface area (Å²) in [5.74, 6) is 0.611. The Hall–Kier alpha value is -3.69. The van der Waals surface area contributed by atoms with Crippen molar-refractivity contribution in [1.82, 2.24) is 15.6 Å². The van der Waals surface area contributed by atoms with Gasteiger partial charge in [-0.2, -0.15) is 0 Å². The second-order valence-electron chi connectivity index (χ2n) is 8.50. The minimum absolute atomic E-state index is 0.149. The molecule has 4 rings (SSSR count). The van der Waals surface area contributed by atoms with Gasteiger partial charge in [0.1, 0.15) is 5.75 Å². The first-order chi connectivity index (χ1) is 17.6. The van der Waals surface area contributed by atoms with E-state index in [1.165, 1.54) is 10.9 Å². The number of carbonyl (C=O) groups is 2. The van der Waals surface area contributed by atoms with Crippen LogP contribution in [0.4, 0.5) is 4.79 Å². The molecule has 9 heteroatoms. The lowest BCUT2D eigenvalue weighted by molar-refractivity contribution is -0.189. The van der Waals surface area contributed by atoms with E-state index in [-0.39, 0.29) is 24.7 Å². The van der Waals surface area contributed by atoms with Crippen molar-refractivity contribution in [2.24, 2.45) is 0 Å². The Morgan fingerprint density at radius 3 is 2.64 bits per heavy atom. The number of fused-ring (bicyclic) bond motifs is 1. The molecular formula is C27H31N3O6. The van der Waals surface area contributed by atoms with Crippen molar-refractivity contribution in [3.8, 4) is 5.75 Å². The van der Waals surface area contributed by atoms with Crippen molar-refractivity contribution < 1.29 is 28.5 Å². The molecule has 0 bridgehead atoms. The Morgan fingerprint density at radius 1 is 1.06 bits per heavy atom. The van der Waals surface area contributed by atoms with Crippen LogP contribution >= 0.6 is 0 Å². The van der Waals surface area contributed by atoms with Crippen LogP contribution in [0, 0.1) is 0 Å². The summed E-state index contributed by atoms with van der Waals surface area (Å²) in [5.41, 5.74) is 2.11. The zero-order chi connectivity index (χ0) is 25.2. The maximum absolute atomic E-state index is 11.8. The summed E-state index contributed by atoms with van der Waals surface area (Å²) in [6.07, 6.45) is 3.66. The molecule has 0 spiro atoms. The van der Waals surface area contributed by atoms with E-state index in [4.69, 9.17) is 18.9 Å². The van der Waals surface area contributed by atoms with Crippen molar-refractivity contribution in [3.63, 3.8) is 0 Å². The van der Waals surface area contributed by atoms with Gasteiger partial charge >= 0.3 is 6.09 Å². The van der Waals surface area contributed by atoms with Crippen molar-refractivity contribution in [2.45, 2.75) is 31.6 Å². The number of rotatable bonds is 10. The van der Waals surface area contributed by atoms with Crippen molar-refractivity contribution in [2.75, 3.05) is 33.5 Å². The number of nitrogens with one attached hydrogen (secondary N) is 2. The van der Waals surface area contributed by atoms with Crippen LogP contribution in [0.15, 0.2) is 60.9 Å². The molecule has 0 saturated carbocycles. The molecule has 3 aromatic rings. The molecule has 2 N–H and O–H groups in total. The number of carbonyl (C=O) groups excluding carboxylic acids is 2. The standard InChI is InChI=1S/C27H31N3O6/c1-33-22-7-8-24-20(14-22)4-2-5-23(24)21-16-34-26(35-17-21)6-3-11-29-27(32)36-18-25(31)30-15-19-9-12-28-13-10-19/h2,4-5,7-10,12-14,21,26H,3,6,11,15-18H2,1H3,(H,29,32)(H,30,31)/t21-,26-. The molecule has 0 unspecified atom stereocenters. The van der Waals surface area contributed by atoms with E-state index in [1.807, 2.05) is 18.2 Å². The zero-order valence-electron chi connectivity index (χ0n) is 20.3. The van der Waals surface area contributed by atoms with E-state index in [2.05, 4.69) is 33.8 Å². The summed E-state index contributed by atoms with van der Waals surface area (Å²) in [6, 6.07) is 15.9. The number of benzene rings is 2. The Labute approximate surface area is 210 Å². The fourth-order valence-electron chi connectivity index (χ4n) is 4.05. The number of ether oxygens (including phenoxy) is 4. The molecule has 1 aromatic heterocycles. The molecule has 0 aliphatic carbocycles. The quantitative estimate of drug-likeness (QED) is 0.416. The average Bonchev–Trinajstić information content (AvgIpc) is 2.93. The number of aromatic nitrogens is 1. The van der Waals surface area contributed by atoms with E-state index in [1.54, 1.807) is 31.6 Å². The van der Waals surface area contributed by atoms with Gasteiger partial charge < -0.3 is 29.6 Å². The summed E-state index contributed by atoms with van der Waals surface area (Å²) in [7, 11) is 1.66. The molecule has 36 heavy (non-hydrogen) atoms. The molecule has 1 saturated heterocycles.